The smallest absolute Gasteiger partial charge is 0.314 e. The first kappa shape index (κ1) is 18.1. The van der Waals surface area contributed by atoms with Gasteiger partial charge in [-0.2, -0.15) is 11.8 Å². The Morgan fingerprint density at radius 2 is 1.86 bits per heavy atom. The van der Waals surface area contributed by atoms with Crippen molar-refractivity contribution in [2.24, 2.45) is 11.3 Å². The SMILES string of the molecule is CC(C)(CCNC(=O)NCC1CCSCC1)CCC(=O)O. The summed E-state index contributed by atoms with van der Waals surface area (Å²) in [5.74, 6) is 2.25. The lowest BCUT2D eigenvalue weighted by Gasteiger charge is -2.24. The number of thioether (sulfide) groups is 1. The van der Waals surface area contributed by atoms with Crippen molar-refractivity contribution in [3.05, 3.63) is 0 Å². The Bertz CT molecular complexity index is 342. The van der Waals surface area contributed by atoms with Gasteiger partial charge in [0, 0.05) is 19.5 Å². The number of urea groups is 1. The Kier molecular flexibility index (Phi) is 7.93. The maximum absolute atomic E-state index is 11.7. The minimum absolute atomic E-state index is 0.0632. The van der Waals surface area contributed by atoms with Crippen molar-refractivity contribution >= 4 is 23.8 Å². The molecule has 0 aliphatic carbocycles. The fourth-order valence-electron chi connectivity index (χ4n) is 2.33. The molecule has 3 N–H and O–H groups in total. The van der Waals surface area contributed by atoms with Gasteiger partial charge in [-0.05, 0) is 48.5 Å². The number of amides is 2. The maximum atomic E-state index is 11.7. The van der Waals surface area contributed by atoms with Crippen molar-refractivity contribution in [1.82, 2.24) is 10.6 Å². The molecule has 0 saturated carbocycles. The topological polar surface area (TPSA) is 78.4 Å². The van der Waals surface area contributed by atoms with Gasteiger partial charge in [-0.3, -0.25) is 4.79 Å². The van der Waals surface area contributed by atoms with E-state index in [4.69, 9.17) is 5.11 Å². The normalized spacial score (nSPS) is 16.5. The summed E-state index contributed by atoms with van der Waals surface area (Å²) in [5, 5.41) is 14.5. The van der Waals surface area contributed by atoms with Gasteiger partial charge >= 0.3 is 12.0 Å². The van der Waals surface area contributed by atoms with Crippen molar-refractivity contribution < 1.29 is 14.7 Å². The number of nitrogens with one attached hydrogen (secondary N) is 2. The number of hydrogen-bond acceptors (Lipinski definition) is 3. The van der Waals surface area contributed by atoms with Gasteiger partial charge < -0.3 is 15.7 Å². The summed E-state index contributed by atoms with van der Waals surface area (Å²) in [4.78, 5) is 22.3. The van der Waals surface area contributed by atoms with E-state index in [0.29, 0.717) is 18.9 Å². The van der Waals surface area contributed by atoms with Gasteiger partial charge in [-0.25, -0.2) is 4.79 Å². The standard InChI is InChI=1S/C15H28N2O3S/c1-15(2,6-3-13(18)19)7-8-16-14(20)17-11-12-4-9-21-10-5-12/h12H,3-11H2,1-2H3,(H,18,19)(H2,16,17,20). The van der Waals surface area contributed by atoms with Crippen LogP contribution >= 0.6 is 11.8 Å². The molecule has 0 aromatic heterocycles. The first-order valence-electron chi connectivity index (χ1n) is 7.70. The second-order valence-electron chi connectivity index (χ2n) is 6.50. The molecular formula is C15H28N2O3S. The Hall–Kier alpha value is -0.910. The molecule has 1 fully saturated rings. The highest BCUT2D eigenvalue weighted by Crippen LogP contribution is 2.26. The molecule has 0 bridgehead atoms. The highest BCUT2D eigenvalue weighted by atomic mass is 32.2. The van der Waals surface area contributed by atoms with Gasteiger partial charge in [0.1, 0.15) is 0 Å². The minimum Gasteiger partial charge on any atom is -0.481 e. The number of carboxylic acids is 1. The van der Waals surface area contributed by atoms with Crippen LogP contribution in [-0.2, 0) is 4.79 Å². The predicted molar refractivity (Wildman–Crippen MR) is 86.7 cm³/mol. The second kappa shape index (κ2) is 9.18. The van der Waals surface area contributed by atoms with Crippen LogP contribution < -0.4 is 10.6 Å². The van der Waals surface area contributed by atoms with Crippen molar-refractivity contribution in [2.75, 3.05) is 24.6 Å². The summed E-state index contributed by atoms with van der Waals surface area (Å²) in [6.45, 7) is 5.41. The molecule has 2 amide bonds. The van der Waals surface area contributed by atoms with Gasteiger partial charge in [-0.1, -0.05) is 13.8 Å². The number of rotatable bonds is 8. The van der Waals surface area contributed by atoms with Crippen LogP contribution in [0, 0.1) is 11.3 Å². The van der Waals surface area contributed by atoms with E-state index in [1.54, 1.807) is 0 Å². The molecule has 5 nitrogen and oxygen atoms in total. The van der Waals surface area contributed by atoms with Crippen LogP contribution in [0.4, 0.5) is 4.79 Å². The van der Waals surface area contributed by atoms with Gasteiger partial charge in [0.15, 0.2) is 0 Å². The summed E-state index contributed by atoms with van der Waals surface area (Å²) in [6.07, 6.45) is 3.97. The van der Waals surface area contributed by atoms with Crippen LogP contribution in [-0.4, -0.2) is 41.7 Å². The Morgan fingerprint density at radius 1 is 1.19 bits per heavy atom. The molecule has 1 rings (SSSR count). The molecule has 6 heteroatoms. The maximum Gasteiger partial charge on any atom is 0.314 e. The van der Waals surface area contributed by atoms with E-state index < -0.39 is 5.97 Å². The fraction of sp³-hybridized carbons (Fsp3) is 0.867. The first-order valence-corrected chi connectivity index (χ1v) is 8.86. The van der Waals surface area contributed by atoms with Crippen LogP contribution in [0.1, 0.15) is 46.0 Å². The van der Waals surface area contributed by atoms with Crippen LogP contribution in [0.5, 0.6) is 0 Å². The van der Waals surface area contributed by atoms with Crippen molar-refractivity contribution in [3.63, 3.8) is 0 Å². The number of carbonyl (C=O) groups is 2. The van der Waals surface area contributed by atoms with Crippen molar-refractivity contribution in [1.29, 1.82) is 0 Å². The van der Waals surface area contributed by atoms with E-state index in [1.165, 1.54) is 24.3 Å². The average Bonchev–Trinajstić information content (AvgIpc) is 2.44. The number of aliphatic carboxylic acids is 1. The largest absolute Gasteiger partial charge is 0.481 e. The van der Waals surface area contributed by atoms with Gasteiger partial charge in [0.2, 0.25) is 0 Å². The lowest BCUT2D eigenvalue weighted by atomic mass is 9.84. The molecule has 1 heterocycles. The third-order valence-electron chi connectivity index (χ3n) is 4.00. The zero-order valence-electron chi connectivity index (χ0n) is 13.1. The number of carboxylic acid groups (broad SMARTS) is 1. The monoisotopic (exact) mass is 316 g/mol. The second-order valence-corrected chi connectivity index (χ2v) is 7.73. The van der Waals surface area contributed by atoms with E-state index in [9.17, 15) is 9.59 Å². The zero-order chi connectivity index (χ0) is 15.7. The summed E-state index contributed by atoms with van der Waals surface area (Å²) < 4.78 is 0. The molecular weight excluding hydrogens is 288 g/mol. The molecule has 21 heavy (non-hydrogen) atoms. The van der Waals surface area contributed by atoms with E-state index in [1.807, 2.05) is 25.6 Å². The van der Waals surface area contributed by atoms with Crippen molar-refractivity contribution in [3.8, 4) is 0 Å². The molecule has 0 aromatic rings. The van der Waals surface area contributed by atoms with Crippen LogP contribution in [0.3, 0.4) is 0 Å². The third kappa shape index (κ3) is 8.86. The van der Waals surface area contributed by atoms with Crippen molar-refractivity contribution in [2.45, 2.75) is 46.0 Å². The molecule has 0 spiro atoms. The highest BCUT2D eigenvalue weighted by Gasteiger charge is 2.19. The molecule has 0 radical (unpaired) electrons. The number of hydrogen-bond donors (Lipinski definition) is 3. The quantitative estimate of drug-likeness (QED) is 0.643. The molecule has 0 aromatic carbocycles. The molecule has 0 atom stereocenters. The van der Waals surface area contributed by atoms with E-state index in [2.05, 4.69) is 10.6 Å². The molecule has 1 aliphatic rings. The predicted octanol–water partition coefficient (Wildman–Crippen LogP) is 2.71. The Morgan fingerprint density at radius 3 is 2.48 bits per heavy atom. The first-order chi connectivity index (χ1) is 9.89. The van der Waals surface area contributed by atoms with Crippen LogP contribution in [0.25, 0.3) is 0 Å². The molecule has 122 valence electrons. The van der Waals surface area contributed by atoms with Gasteiger partial charge in [0.05, 0.1) is 0 Å². The summed E-state index contributed by atoms with van der Waals surface area (Å²) in [5.41, 5.74) is -0.0632. The third-order valence-corrected chi connectivity index (χ3v) is 5.04. The summed E-state index contributed by atoms with van der Waals surface area (Å²) >= 11 is 1.99. The molecule has 0 unspecified atom stereocenters. The summed E-state index contributed by atoms with van der Waals surface area (Å²) in [6, 6.07) is -0.109. The average molecular weight is 316 g/mol. The highest BCUT2D eigenvalue weighted by molar-refractivity contribution is 7.99. The molecule has 1 saturated heterocycles. The van der Waals surface area contributed by atoms with E-state index in [-0.39, 0.29) is 17.9 Å². The van der Waals surface area contributed by atoms with Gasteiger partial charge in [0.25, 0.3) is 0 Å². The van der Waals surface area contributed by atoms with E-state index >= 15 is 0 Å². The van der Waals surface area contributed by atoms with Crippen LogP contribution in [0.2, 0.25) is 0 Å². The minimum atomic E-state index is -0.764. The fourth-order valence-corrected chi connectivity index (χ4v) is 3.54. The molecule has 1 aliphatic heterocycles. The Balaban J connectivity index is 2.10. The number of carbonyl (C=O) groups excluding carboxylic acids is 1. The van der Waals surface area contributed by atoms with Crippen LogP contribution in [0.15, 0.2) is 0 Å². The zero-order valence-corrected chi connectivity index (χ0v) is 13.9. The lowest BCUT2D eigenvalue weighted by molar-refractivity contribution is -0.137. The van der Waals surface area contributed by atoms with E-state index in [0.717, 1.165) is 13.0 Å². The van der Waals surface area contributed by atoms with Gasteiger partial charge in [-0.15, -0.1) is 0 Å². The lowest BCUT2D eigenvalue weighted by Crippen LogP contribution is -2.40. The Labute approximate surface area is 131 Å². The summed E-state index contributed by atoms with van der Waals surface area (Å²) in [7, 11) is 0.